The zero-order valence-electron chi connectivity index (χ0n) is 17.6. The van der Waals surface area contributed by atoms with Crippen LogP contribution < -0.4 is 16.1 Å². The van der Waals surface area contributed by atoms with Crippen molar-refractivity contribution in [2.45, 2.75) is 12.8 Å². The van der Waals surface area contributed by atoms with Gasteiger partial charge >= 0.3 is 11.7 Å². The van der Waals surface area contributed by atoms with Crippen molar-refractivity contribution in [1.82, 2.24) is 14.0 Å². The second-order valence-corrected chi connectivity index (χ2v) is 7.24. The molecule has 9 heteroatoms. The van der Waals surface area contributed by atoms with E-state index in [1.807, 2.05) is 42.2 Å². The average molecular weight is 437 g/mol. The first-order valence-corrected chi connectivity index (χ1v) is 9.88. The second-order valence-electron chi connectivity index (χ2n) is 7.24. The number of esters is 1. The van der Waals surface area contributed by atoms with E-state index in [1.165, 1.54) is 17.7 Å². The van der Waals surface area contributed by atoms with E-state index in [1.54, 1.807) is 7.05 Å². The minimum absolute atomic E-state index is 0. The predicted octanol–water partition coefficient (Wildman–Crippen LogP) is 0.975. The highest BCUT2D eigenvalue weighted by atomic mass is 35.5. The summed E-state index contributed by atoms with van der Waals surface area (Å²) < 4.78 is 7.90. The number of hydrogen-bond acceptors (Lipinski definition) is 6. The molecule has 1 aromatic carbocycles. The van der Waals surface area contributed by atoms with E-state index in [0.717, 1.165) is 23.2 Å². The summed E-state index contributed by atoms with van der Waals surface area (Å²) in [4.78, 5) is 41.0. The monoisotopic (exact) mass is 436 g/mol. The van der Waals surface area contributed by atoms with Gasteiger partial charge in [0.2, 0.25) is 0 Å². The molecule has 1 fully saturated rings. The Morgan fingerprint density at radius 2 is 1.67 bits per heavy atom. The van der Waals surface area contributed by atoms with Gasteiger partial charge in [-0.1, -0.05) is 30.3 Å². The molecule has 1 unspecified atom stereocenters. The highest BCUT2D eigenvalue weighted by Crippen LogP contribution is 2.21. The quantitative estimate of drug-likeness (QED) is 0.628. The normalized spacial score (nSPS) is 15.4. The summed E-state index contributed by atoms with van der Waals surface area (Å²) >= 11 is 0. The zero-order chi connectivity index (χ0) is 21.0. The average Bonchev–Trinajstić information content (AvgIpc) is 2.74. The number of piperazine rings is 1. The zero-order valence-corrected chi connectivity index (χ0v) is 18.4. The van der Waals surface area contributed by atoms with Crippen LogP contribution in [0.15, 0.2) is 46.0 Å². The molecule has 1 aliphatic rings. The van der Waals surface area contributed by atoms with Crippen LogP contribution in [0.2, 0.25) is 0 Å². The molecule has 2 heterocycles. The molecular weight excluding hydrogens is 408 g/mol. The lowest BCUT2D eigenvalue weighted by molar-refractivity contribution is -0.145. The molecule has 0 amide bonds. The van der Waals surface area contributed by atoms with Crippen molar-refractivity contribution in [2.75, 3.05) is 44.2 Å². The lowest BCUT2D eigenvalue weighted by atomic mass is 9.98. The smallest absolute Gasteiger partial charge is 0.332 e. The van der Waals surface area contributed by atoms with Gasteiger partial charge in [-0.2, -0.15) is 0 Å². The molecule has 1 aliphatic heterocycles. The molecule has 0 saturated carbocycles. The van der Waals surface area contributed by atoms with Crippen LogP contribution >= 0.6 is 12.4 Å². The second kappa shape index (κ2) is 10.4. The lowest BCUT2D eigenvalue weighted by Gasteiger charge is -2.37. The Kier molecular flexibility index (Phi) is 8.25. The molecule has 30 heavy (non-hydrogen) atoms. The van der Waals surface area contributed by atoms with E-state index in [0.29, 0.717) is 32.1 Å². The van der Waals surface area contributed by atoms with Gasteiger partial charge in [-0.15, -0.1) is 12.4 Å². The lowest BCUT2D eigenvalue weighted by Crippen LogP contribution is -2.50. The van der Waals surface area contributed by atoms with Gasteiger partial charge < -0.3 is 9.64 Å². The number of anilines is 1. The Balaban J connectivity index is 0.00000320. The van der Waals surface area contributed by atoms with Crippen LogP contribution in [-0.4, -0.2) is 59.3 Å². The summed E-state index contributed by atoms with van der Waals surface area (Å²) in [5.74, 6) is 0.0777. The number of rotatable bonds is 6. The number of carbonyl (C=O) groups excluding carboxylic acids is 1. The predicted molar refractivity (Wildman–Crippen MR) is 119 cm³/mol. The molecule has 1 saturated heterocycles. The molecule has 2 aromatic rings. The molecular formula is C21H29ClN4O4. The van der Waals surface area contributed by atoms with Crippen LogP contribution in [0, 0.1) is 0 Å². The van der Waals surface area contributed by atoms with Crippen LogP contribution in [0.5, 0.6) is 0 Å². The fourth-order valence-corrected chi connectivity index (χ4v) is 3.69. The summed E-state index contributed by atoms with van der Waals surface area (Å²) in [6.07, 6.45) is 0. The Labute approximate surface area is 182 Å². The Bertz CT molecular complexity index is 965. The third-order valence-electron chi connectivity index (χ3n) is 5.41. The minimum atomic E-state index is -0.337. The van der Waals surface area contributed by atoms with Crippen LogP contribution in [0.4, 0.5) is 5.82 Å². The van der Waals surface area contributed by atoms with Crippen LogP contribution in [0.25, 0.3) is 0 Å². The number of aromatic nitrogens is 2. The standard InChI is InChI=1S/C21H28N4O4.ClH/c1-4-29-20(27)17(16-8-6-5-7-9-16)15-24-10-12-25(13-11-24)18-14-19(26)23(3)21(28)22(18)2;/h5-9,14,17H,4,10-13,15H2,1-3H3;1H. The molecule has 0 N–H and O–H groups in total. The Morgan fingerprint density at radius 1 is 1.03 bits per heavy atom. The van der Waals surface area contributed by atoms with Crippen molar-refractivity contribution in [3.63, 3.8) is 0 Å². The molecule has 0 spiro atoms. The third kappa shape index (κ3) is 5.12. The number of carbonyl (C=O) groups is 1. The van der Waals surface area contributed by atoms with Gasteiger partial charge in [0.05, 0.1) is 12.5 Å². The van der Waals surface area contributed by atoms with Crippen LogP contribution in [0.3, 0.4) is 0 Å². The highest BCUT2D eigenvalue weighted by Gasteiger charge is 2.27. The number of nitrogens with zero attached hydrogens (tertiary/aromatic N) is 4. The van der Waals surface area contributed by atoms with Crippen LogP contribution in [-0.2, 0) is 23.6 Å². The molecule has 164 valence electrons. The molecule has 8 nitrogen and oxygen atoms in total. The molecule has 1 aromatic heterocycles. The van der Waals surface area contributed by atoms with Gasteiger partial charge in [-0.25, -0.2) is 4.79 Å². The van der Waals surface area contributed by atoms with Crippen molar-refractivity contribution < 1.29 is 9.53 Å². The maximum Gasteiger partial charge on any atom is 0.332 e. The SMILES string of the molecule is CCOC(=O)C(CN1CCN(c2cc(=O)n(C)c(=O)n2C)CC1)c1ccccc1.Cl. The molecule has 0 bridgehead atoms. The minimum Gasteiger partial charge on any atom is -0.465 e. The van der Waals surface area contributed by atoms with Crippen LogP contribution in [0.1, 0.15) is 18.4 Å². The summed E-state index contributed by atoms with van der Waals surface area (Å²) in [6, 6.07) is 11.2. The fraction of sp³-hybridized carbons (Fsp3) is 0.476. The molecule has 3 rings (SSSR count). The van der Waals surface area contributed by atoms with E-state index in [9.17, 15) is 14.4 Å². The van der Waals surface area contributed by atoms with Crippen molar-refractivity contribution in [1.29, 1.82) is 0 Å². The number of hydrogen-bond donors (Lipinski definition) is 0. The van der Waals surface area contributed by atoms with Crippen molar-refractivity contribution >= 4 is 24.2 Å². The van der Waals surface area contributed by atoms with Gasteiger partial charge in [0.15, 0.2) is 0 Å². The van der Waals surface area contributed by atoms with E-state index in [2.05, 4.69) is 4.90 Å². The van der Waals surface area contributed by atoms with Gasteiger partial charge in [0.25, 0.3) is 5.56 Å². The van der Waals surface area contributed by atoms with Gasteiger partial charge in [-0.05, 0) is 12.5 Å². The molecule has 0 aliphatic carbocycles. The van der Waals surface area contributed by atoms with E-state index < -0.39 is 0 Å². The van der Waals surface area contributed by atoms with Crippen molar-refractivity contribution in [3.05, 3.63) is 62.8 Å². The summed E-state index contributed by atoms with van der Waals surface area (Å²) in [5, 5.41) is 0. The first-order chi connectivity index (χ1) is 13.9. The largest absolute Gasteiger partial charge is 0.465 e. The summed E-state index contributed by atoms with van der Waals surface area (Å²) in [6.45, 7) is 5.54. The molecule has 0 radical (unpaired) electrons. The maximum atomic E-state index is 12.5. The topological polar surface area (TPSA) is 76.8 Å². The maximum absolute atomic E-state index is 12.5. The summed E-state index contributed by atoms with van der Waals surface area (Å²) in [7, 11) is 3.15. The first kappa shape index (κ1) is 23.7. The number of ether oxygens (including phenoxy) is 1. The van der Waals surface area contributed by atoms with Crippen molar-refractivity contribution in [3.8, 4) is 0 Å². The van der Waals surface area contributed by atoms with Gasteiger partial charge in [0.1, 0.15) is 5.82 Å². The first-order valence-electron chi connectivity index (χ1n) is 9.88. The highest BCUT2D eigenvalue weighted by molar-refractivity contribution is 5.85. The summed E-state index contributed by atoms with van der Waals surface area (Å²) in [5.41, 5.74) is 0.306. The molecule has 1 atom stereocenters. The van der Waals surface area contributed by atoms with Crippen molar-refractivity contribution in [2.24, 2.45) is 14.1 Å². The third-order valence-corrected chi connectivity index (χ3v) is 5.41. The Morgan fingerprint density at radius 3 is 2.27 bits per heavy atom. The van der Waals surface area contributed by atoms with E-state index in [4.69, 9.17) is 4.74 Å². The van der Waals surface area contributed by atoms with Gasteiger partial charge in [-0.3, -0.25) is 23.6 Å². The number of benzene rings is 1. The van der Waals surface area contributed by atoms with E-state index in [-0.39, 0.29) is 35.5 Å². The fourth-order valence-electron chi connectivity index (χ4n) is 3.69. The number of halogens is 1. The van der Waals surface area contributed by atoms with Gasteiger partial charge in [0, 0.05) is 52.9 Å². The Hall–Kier alpha value is -2.58. The van der Waals surface area contributed by atoms with E-state index >= 15 is 0 Å².